The molecule has 1 aliphatic heterocycles. The topological polar surface area (TPSA) is 50.2 Å². The lowest BCUT2D eigenvalue weighted by Gasteiger charge is -2.35. The van der Waals surface area contributed by atoms with Crippen LogP contribution in [0.15, 0.2) is 41.8 Å². The average Bonchev–Trinajstić information content (AvgIpc) is 3.29. The summed E-state index contributed by atoms with van der Waals surface area (Å²) < 4.78 is 2.02. The van der Waals surface area contributed by atoms with E-state index >= 15 is 0 Å². The van der Waals surface area contributed by atoms with E-state index in [1.807, 2.05) is 53.0 Å². The van der Waals surface area contributed by atoms with Crippen molar-refractivity contribution < 1.29 is 4.79 Å². The van der Waals surface area contributed by atoms with Gasteiger partial charge in [0.15, 0.2) is 5.16 Å². The fraction of sp³-hybridized carbons (Fsp3) is 0.444. The van der Waals surface area contributed by atoms with Crippen LogP contribution in [0.2, 0.25) is 0 Å². The molecule has 2 heterocycles. The van der Waals surface area contributed by atoms with Gasteiger partial charge in [0.2, 0.25) is 0 Å². The fourth-order valence-electron chi connectivity index (χ4n) is 3.00. The number of hydrogen-bond donors (Lipinski definition) is 1. The number of hydrogen-bond acceptors (Lipinski definition) is 5. The molecule has 1 amide bonds. The first kappa shape index (κ1) is 18.4. The quantitative estimate of drug-likeness (QED) is 0.786. The van der Waals surface area contributed by atoms with Crippen LogP contribution in [0.5, 0.6) is 0 Å². The molecule has 3 rings (SSSR count). The molecular weight excluding hydrogens is 352 g/mol. The Morgan fingerprint density at radius 1 is 1.40 bits per heavy atom. The van der Waals surface area contributed by atoms with Crippen LogP contribution < -0.4 is 5.32 Å². The van der Waals surface area contributed by atoms with Gasteiger partial charge in [-0.1, -0.05) is 11.8 Å². The number of likely N-dealkylation sites (N-methyl/N-ethyl adjacent to an activating group) is 1. The predicted octanol–water partition coefficient (Wildman–Crippen LogP) is 2.76. The third-order valence-corrected chi connectivity index (χ3v) is 6.71. The summed E-state index contributed by atoms with van der Waals surface area (Å²) in [6.07, 6.45) is 6.83. The van der Waals surface area contributed by atoms with Crippen molar-refractivity contribution in [1.82, 2.24) is 19.8 Å². The molecule has 0 spiro atoms. The van der Waals surface area contributed by atoms with E-state index in [1.165, 1.54) is 0 Å². The number of thioether (sulfide) groups is 2. The van der Waals surface area contributed by atoms with Crippen molar-refractivity contribution in [2.24, 2.45) is 0 Å². The Bertz CT molecular complexity index is 721. The molecule has 1 unspecified atom stereocenters. The summed E-state index contributed by atoms with van der Waals surface area (Å²) in [4.78, 5) is 19.1. The van der Waals surface area contributed by atoms with E-state index in [2.05, 4.69) is 29.3 Å². The van der Waals surface area contributed by atoms with Crippen molar-refractivity contribution in [1.29, 1.82) is 0 Å². The van der Waals surface area contributed by atoms with Gasteiger partial charge in [0, 0.05) is 41.5 Å². The van der Waals surface area contributed by atoms with Crippen LogP contribution in [0.3, 0.4) is 0 Å². The molecule has 134 valence electrons. The molecule has 0 radical (unpaired) electrons. The Morgan fingerprint density at radius 3 is 2.76 bits per heavy atom. The fourth-order valence-corrected chi connectivity index (χ4v) is 5.09. The molecule has 7 heteroatoms. The van der Waals surface area contributed by atoms with Crippen LogP contribution in [-0.2, 0) is 0 Å². The lowest BCUT2D eigenvalue weighted by atomic mass is 9.97. The van der Waals surface area contributed by atoms with Crippen molar-refractivity contribution in [3.63, 3.8) is 0 Å². The summed E-state index contributed by atoms with van der Waals surface area (Å²) in [6, 6.07) is 7.67. The van der Waals surface area contributed by atoms with Gasteiger partial charge in [-0.15, -0.1) is 0 Å². The number of benzene rings is 1. The highest BCUT2D eigenvalue weighted by Gasteiger charge is 2.36. The zero-order chi connectivity index (χ0) is 17.9. The molecule has 1 aromatic carbocycles. The minimum Gasteiger partial charge on any atom is -0.350 e. The second kappa shape index (κ2) is 7.85. The molecule has 1 saturated heterocycles. The Hall–Kier alpha value is -1.44. The highest BCUT2D eigenvalue weighted by atomic mass is 32.2. The Morgan fingerprint density at radius 2 is 2.16 bits per heavy atom. The molecule has 5 nitrogen and oxygen atoms in total. The first-order valence-corrected chi connectivity index (χ1v) is 10.6. The zero-order valence-electron chi connectivity index (χ0n) is 14.9. The van der Waals surface area contributed by atoms with Crippen molar-refractivity contribution in [3.8, 4) is 5.69 Å². The maximum atomic E-state index is 12.5. The van der Waals surface area contributed by atoms with E-state index in [0.717, 1.165) is 28.8 Å². The largest absolute Gasteiger partial charge is 0.350 e. The molecule has 1 fully saturated rings. The molecule has 1 atom stereocenters. The van der Waals surface area contributed by atoms with Gasteiger partial charge in [-0.25, -0.2) is 4.98 Å². The Kier molecular flexibility index (Phi) is 5.76. The van der Waals surface area contributed by atoms with Crippen molar-refractivity contribution in [2.75, 3.05) is 38.4 Å². The molecule has 0 bridgehead atoms. The van der Waals surface area contributed by atoms with Gasteiger partial charge in [0.1, 0.15) is 0 Å². The van der Waals surface area contributed by atoms with Gasteiger partial charge in [-0.3, -0.25) is 9.36 Å². The SMILES string of the molecule is CSc1nccn1-c1ccc(C(=O)NCC2(N(C)C)CCSC2)cc1. The number of carbonyl (C=O) groups is 1. The minimum atomic E-state index is -0.0135. The molecule has 0 aliphatic carbocycles. The number of imidazole rings is 1. The lowest BCUT2D eigenvalue weighted by molar-refractivity contribution is 0.0914. The van der Waals surface area contributed by atoms with E-state index in [-0.39, 0.29) is 11.4 Å². The molecular formula is C18H24N4OS2. The highest BCUT2D eigenvalue weighted by molar-refractivity contribution is 7.99. The second-order valence-electron chi connectivity index (χ2n) is 6.43. The molecule has 25 heavy (non-hydrogen) atoms. The molecule has 2 aromatic rings. The lowest BCUT2D eigenvalue weighted by Crippen LogP contribution is -2.53. The van der Waals surface area contributed by atoms with E-state index in [9.17, 15) is 4.79 Å². The van der Waals surface area contributed by atoms with Crippen molar-refractivity contribution in [3.05, 3.63) is 42.2 Å². The number of rotatable bonds is 6. The average molecular weight is 377 g/mol. The van der Waals surface area contributed by atoms with E-state index in [4.69, 9.17) is 0 Å². The van der Waals surface area contributed by atoms with Gasteiger partial charge in [0.05, 0.1) is 0 Å². The van der Waals surface area contributed by atoms with Crippen LogP contribution in [0, 0.1) is 0 Å². The third kappa shape index (κ3) is 3.88. The summed E-state index contributed by atoms with van der Waals surface area (Å²) in [5.41, 5.74) is 1.77. The van der Waals surface area contributed by atoms with Crippen LogP contribution in [-0.4, -0.2) is 64.3 Å². The first-order valence-electron chi connectivity index (χ1n) is 8.27. The van der Waals surface area contributed by atoms with Gasteiger partial charge in [0.25, 0.3) is 5.91 Å². The van der Waals surface area contributed by atoms with E-state index < -0.39 is 0 Å². The maximum Gasteiger partial charge on any atom is 0.251 e. The molecule has 0 saturated carbocycles. The minimum absolute atomic E-state index is 0.0135. The zero-order valence-corrected chi connectivity index (χ0v) is 16.5. The Labute approximate surface area is 157 Å². The first-order chi connectivity index (χ1) is 12.1. The van der Waals surface area contributed by atoms with Gasteiger partial charge < -0.3 is 10.2 Å². The second-order valence-corrected chi connectivity index (χ2v) is 8.31. The molecule has 1 aliphatic rings. The number of aromatic nitrogens is 2. The predicted molar refractivity (Wildman–Crippen MR) is 106 cm³/mol. The van der Waals surface area contributed by atoms with E-state index in [0.29, 0.717) is 12.1 Å². The van der Waals surface area contributed by atoms with Crippen LogP contribution in [0.1, 0.15) is 16.8 Å². The summed E-state index contributed by atoms with van der Waals surface area (Å²) in [6.45, 7) is 0.686. The normalized spacial score (nSPS) is 20.2. The van der Waals surface area contributed by atoms with Gasteiger partial charge >= 0.3 is 0 Å². The van der Waals surface area contributed by atoms with Crippen LogP contribution >= 0.6 is 23.5 Å². The summed E-state index contributed by atoms with van der Waals surface area (Å²) >= 11 is 3.55. The number of amides is 1. The van der Waals surface area contributed by atoms with Crippen LogP contribution in [0.25, 0.3) is 5.69 Å². The van der Waals surface area contributed by atoms with Crippen molar-refractivity contribution >= 4 is 29.4 Å². The standard InChI is InChI=1S/C18H24N4OS2/c1-21(2)18(8-11-25-13-18)12-20-16(23)14-4-6-15(7-5-14)22-10-9-19-17(22)24-3/h4-7,9-10H,8,11-13H2,1-3H3,(H,20,23). The summed E-state index contributed by atoms with van der Waals surface area (Å²) in [7, 11) is 4.20. The third-order valence-electron chi connectivity index (χ3n) is 4.81. The Balaban J connectivity index is 1.67. The maximum absolute atomic E-state index is 12.5. The highest BCUT2D eigenvalue weighted by Crippen LogP contribution is 2.31. The molecule has 1 aromatic heterocycles. The summed E-state index contributed by atoms with van der Waals surface area (Å²) in [5.74, 6) is 2.21. The number of carbonyl (C=O) groups excluding carboxylic acids is 1. The van der Waals surface area contributed by atoms with E-state index in [1.54, 1.807) is 18.0 Å². The smallest absolute Gasteiger partial charge is 0.251 e. The summed E-state index contributed by atoms with van der Waals surface area (Å²) in [5, 5.41) is 4.06. The van der Waals surface area contributed by atoms with Gasteiger partial charge in [-0.2, -0.15) is 11.8 Å². The van der Waals surface area contributed by atoms with Crippen molar-refractivity contribution in [2.45, 2.75) is 17.1 Å². The van der Waals surface area contributed by atoms with Gasteiger partial charge in [-0.05, 0) is 56.8 Å². The number of nitrogens with one attached hydrogen (secondary N) is 1. The monoisotopic (exact) mass is 376 g/mol. The van der Waals surface area contributed by atoms with Crippen LogP contribution in [0.4, 0.5) is 0 Å². The number of nitrogens with zero attached hydrogens (tertiary/aromatic N) is 3. The molecule has 1 N–H and O–H groups in total.